The first-order chi connectivity index (χ1) is 4.35. The zero-order valence-electron chi connectivity index (χ0n) is 5.96. The fourth-order valence-electron chi connectivity index (χ4n) is 0.390. The molecule has 0 rings (SSSR count). The van der Waals surface area contributed by atoms with Crippen molar-refractivity contribution < 1.29 is 0 Å². The van der Waals surface area contributed by atoms with Gasteiger partial charge in [0.25, 0.3) is 0 Å². The van der Waals surface area contributed by atoms with E-state index in [1.54, 1.807) is 19.6 Å². The highest BCUT2D eigenvalue weighted by Gasteiger charge is 1.83. The first-order valence-corrected chi connectivity index (χ1v) is 2.93. The normalized spacial score (nSPS) is 9.56. The summed E-state index contributed by atoms with van der Waals surface area (Å²) < 4.78 is 0. The van der Waals surface area contributed by atoms with Gasteiger partial charge in [-0.05, 0) is 13.1 Å². The minimum absolute atomic E-state index is 0.898. The molecule has 1 N–H and O–H groups in total. The van der Waals surface area contributed by atoms with E-state index < -0.39 is 0 Å². The predicted molar refractivity (Wildman–Crippen MR) is 40.1 cm³/mol. The van der Waals surface area contributed by atoms with Crippen LogP contribution < -0.4 is 5.43 Å². The van der Waals surface area contributed by atoms with Crippen molar-refractivity contribution in [3.05, 3.63) is 12.8 Å². The van der Waals surface area contributed by atoms with E-state index >= 15 is 0 Å². The minimum atomic E-state index is 0.898. The van der Waals surface area contributed by atoms with Gasteiger partial charge >= 0.3 is 0 Å². The lowest BCUT2D eigenvalue weighted by Gasteiger charge is -2.08. The van der Waals surface area contributed by atoms with Crippen LogP contribution in [-0.2, 0) is 0 Å². The van der Waals surface area contributed by atoms with Gasteiger partial charge < -0.3 is 10.3 Å². The van der Waals surface area contributed by atoms with E-state index in [4.69, 9.17) is 0 Å². The van der Waals surface area contributed by atoms with Gasteiger partial charge in [-0.3, -0.25) is 0 Å². The van der Waals surface area contributed by atoms with Gasteiger partial charge in [-0.25, -0.2) is 0 Å². The largest absolute Gasteiger partial charge is 0.338 e. The Hall–Kier alpha value is -0.990. The van der Waals surface area contributed by atoms with Gasteiger partial charge in [-0.1, -0.05) is 6.58 Å². The Labute approximate surface area is 56.0 Å². The highest BCUT2D eigenvalue weighted by atomic mass is 15.3. The third-order valence-electron chi connectivity index (χ3n) is 0.935. The second-order valence-electron chi connectivity index (χ2n) is 1.48. The van der Waals surface area contributed by atoms with Crippen molar-refractivity contribution in [1.82, 2.24) is 10.3 Å². The van der Waals surface area contributed by atoms with Gasteiger partial charge in [0.1, 0.15) is 6.34 Å². The summed E-state index contributed by atoms with van der Waals surface area (Å²) in [6, 6.07) is 0. The van der Waals surface area contributed by atoms with E-state index in [1.807, 2.05) is 11.8 Å². The predicted octanol–water partition coefficient (Wildman–Crippen LogP) is 0.615. The summed E-state index contributed by atoms with van der Waals surface area (Å²) in [5.74, 6) is 0. The Morgan fingerprint density at radius 3 is 2.78 bits per heavy atom. The Bertz CT molecular complexity index is 98.5. The van der Waals surface area contributed by atoms with Crippen molar-refractivity contribution in [2.45, 2.75) is 6.92 Å². The maximum absolute atomic E-state index is 3.79. The summed E-state index contributed by atoms with van der Waals surface area (Å²) in [6.07, 6.45) is 3.41. The molecule has 0 unspecified atom stereocenters. The first-order valence-electron chi connectivity index (χ1n) is 2.93. The lowest BCUT2D eigenvalue weighted by molar-refractivity contribution is 0.601. The molecule has 3 heteroatoms. The van der Waals surface area contributed by atoms with Crippen molar-refractivity contribution >= 4 is 6.34 Å². The molecule has 3 nitrogen and oxygen atoms in total. The molecular formula is C6H13N3. The van der Waals surface area contributed by atoms with Gasteiger partial charge in [0.15, 0.2) is 0 Å². The topological polar surface area (TPSA) is 27.6 Å². The molecule has 0 aromatic heterocycles. The molecule has 0 heterocycles. The molecular weight excluding hydrogens is 114 g/mol. The minimum Gasteiger partial charge on any atom is -0.338 e. The maximum atomic E-state index is 3.79. The van der Waals surface area contributed by atoms with E-state index in [2.05, 4.69) is 17.1 Å². The van der Waals surface area contributed by atoms with Crippen molar-refractivity contribution in [2.24, 2.45) is 5.10 Å². The SMILES string of the molecule is C=CN(/C=N/NC)CC. The number of hydrogen-bond acceptors (Lipinski definition) is 2. The second kappa shape index (κ2) is 5.15. The first kappa shape index (κ1) is 8.01. The lowest BCUT2D eigenvalue weighted by atomic mass is 10.6. The number of nitrogens with zero attached hydrogens (tertiary/aromatic N) is 2. The highest BCUT2D eigenvalue weighted by molar-refractivity contribution is 5.55. The lowest BCUT2D eigenvalue weighted by Crippen LogP contribution is -2.14. The number of hydrogen-bond donors (Lipinski definition) is 1. The van der Waals surface area contributed by atoms with Crippen LogP contribution in [0, 0.1) is 0 Å². The van der Waals surface area contributed by atoms with Crippen molar-refractivity contribution in [3.63, 3.8) is 0 Å². The molecule has 0 spiro atoms. The number of rotatable bonds is 4. The molecule has 0 bridgehead atoms. The average Bonchev–Trinajstić information content (AvgIpc) is 1.91. The molecule has 0 aromatic rings. The summed E-state index contributed by atoms with van der Waals surface area (Å²) in [4.78, 5) is 1.87. The molecule has 0 saturated carbocycles. The average molecular weight is 127 g/mol. The molecule has 0 radical (unpaired) electrons. The monoisotopic (exact) mass is 127 g/mol. The van der Waals surface area contributed by atoms with Crippen molar-refractivity contribution in [3.8, 4) is 0 Å². The van der Waals surface area contributed by atoms with E-state index in [9.17, 15) is 0 Å². The van der Waals surface area contributed by atoms with Crippen molar-refractivity contribution in [2.75, 3.05) is 13.6 Å². The van der Waals surface area contributed by atoms with Crippen LogP contribution in [0.4, 0.5) is 0 Å². The van der Waals surface area contributed by atoms with Crippen molar-refractivity contribution in [1.29, 1.82) is 0 Å². The third kappa shape index (κ3) is 3.58. The van der Waals surface area contributed by atoms with E-state index in [-0.39, 0.29) is 0 Å². The van der Waals surface area contributed by atoms with E-state index in [0.717, 1.165) is 6.54 Å². The molecule has 52 valence electrons. The molecule has 0 amide bonds. The van der Waals surface area contributed by atoms with Gasteiger partial charge in [0, 0.05) is 13.6 Å². The molecule has 0 aliphatic heterocycles. The van der Waals surface area contributed by atoms with Crippen LogP contribution in [0.5, 0.6) is 0 Å². The number of nitrogens with one attached hydrogen (secondary N) is 1. The van der Waals surface area contributed by atoms with E-state index in [1.165, 1.54) is 0 Å². The summed E-state index contributed by atoms with van der Waals surface area (Å²) in [6.45, 7) is 6.52. The van der Waals surface area contributed by atoms with Crippen LogP contribution in [0.3, 0.4) is 0 Å². The summed E-state index contributed by atoms with van der Waals surface area (Å²) >= 11 is 0. The zero-order chi connectivity index (χ0) is 7.11. The van der Waals surface area contributed by atoms with Gasteiger partial charge in [0.2, 0.25) is 0 Å². The fraction of sp³-hybridized carbons (Fsp3) is 0.500. The fourth-order valence-corrected chi connectivity index (χ4v) is 0.390. The third-order valence-corrected chi connectivity index (χ3v) is 0.935. The highest BCUT2D eigenvalue weighted by Crippen LogP contribution is 1.79. The Balaban J connectivity index is 3.54. The van der Waals surface area contributed by atoms with Crippen LogP contribution >= 0.6 is 0 Å². The van der Waals surface area contributed by atoms with Gasteiger partial charge in [0.05, 0.1) is 0 Å². The quantitative estimate of drug-likeness (QED) is 0.340. The van der Waals surface area contributed by atoms with Crippen LogP contribution in [0.1, 0.15) is 6.92 Å². The summed E-state index contributed by atoms with van der Waals surface area (Å²) in [5.41, 5.74) is 2.65. The van der Waals surface area contributed by atoms with Gasteiger partial charge in [-0.2, -0.15) is 5.10 Å². The summed E-state index contributed by atoms with van der Waals surface area (Å²) in [7, 11) is 1.76. The van der Waals surface area contributed by atoms with Crippen LogP contribution in [0.25, 0.3) is 0 Å². The second-order valence-corrected chi connectivity index (χ2v) is 1.48. The molecule has 0 aliphatic rings. The molecule has 0 aromatic carbocycles. The molecule has 0 fully saturated rings. The smallest absolute Gasteiger partial charge is 0.115 e. The zero-order valence-corrected chi connectivity index (χ0v) is 5.96. The van der Waals surface area contributed by atoms with Crippen LogP contribution in [0.15, 0.2) is 17.9 Å². The maximum Gasteiger partial charge on any atom is 0.115 e. The summed E-state index contributed by atoms with van der Waals surface area (Å²) in [5, 5.41) is 3.79. The van der Waals surface area contributed by atoms with Crippen LogP contribution in [0.2, 0.25) is 0 Å². The molecule has 0 aliphatic carbocycles. The van der Waals surface area contributed by atoms with Crippen LogP contribution in [-0.4, -0.2) is 24.8 Å². The Kier molecular flexibility index (Phi) is 4.59. The molecule has 0 saturated heterocycles. The molecule has 0 atom stereocenters. The number of hydrazone groups is 1. The van der Waals surface area contributed by atoms with Gasteiger partial charge in [-0.15, -0.1) is 0 Å². The standard InChI is InChI=1S/C6H13N3/c1-4-9(5-2)6-8-7-3/h4,6-7H,1,5H2,2-3H3/b8-6+. The Morgan fingerprint density at radius 1 is 1.78 bits per heavy atom. The van der Waals surface area contributed by atoms with E-state index in [0.29, 0.717) is 0 Å². The molecule has 9 heavy (non-hydrogen) atoms. The Morgan fingerprint density at radius 2 is 2.44 bits per heavy atom.